The number of hydrogen-bond acceptors (Lipinski definition) is 5. The Kier molecular flexibility index (Phi) is 6.39. The van der Waals surface area contributed by atoms with E-state index in [0.717, 1.165) is 31.5 Å². The highest BCUT2D eigenvalue weighted by Gasteiger charge is 2.34. The Labute approximate surface area is 184 Å². The van der Waals surface area contributed by atoms with E-state index in [2.05, 4.69) is 17.3 Å². The molecule has 0 spiro atoms. The summed E-state index contributed by atoms with van der Waals surface area (Å²) in [6.45, 7) is 2.67. The number of nitrogens with one attached hydrogen (secondary N) is 1. The van der Waals surface area contributed by atoms with Gasteiger partial charge in [-0.05, 0) is 56.3 Å². The molecule has 5 nitrogen and oxygen atoms in total. The summed E-state index contributed by atoms with van der Waals surface area (Å²) >= 11 is 0. The minimum atomic E-state index is -4.48. The fourth-order valence-corrected chi connectivity index (χ4v) is 4.19. The summed E-state index contributed by atoms with van der Waals surface area (Å²) in [6.07, 6.45) is -2.68. The van der Waals surface area contributed by atoms with Gasteiger partial charge in [0.1, 0.15) is 11.7 Å². The van der Waals surface area contributed by atoms with Gasteiger partial charge in [0.15, 0.2) is 0 Å². The number of piperazine rings is 1. The third-order valence-electron chi connectivity index (χ3n) is 6.00. The Hall–Kier alpha value is -2.65. The number of methoxy groups -OCH3 is 1. The van der Waals surface area contributed by atoms with Crippen LogP contribution in [0.25, 0.3) is 0 Å². The third kappa shape index (κ3) is 4.73. The molecule has 2 aliphatic heterocycles. The molecule has 9 heteroatoms. The predicted octanol–water partition coefficient (Wildman–Crippen LogP) is 5.02. The molecule has 32 heavy (non-hydrogen) atoms. The Morgan fingerprint density at radius 2 is 1.94 bits per heavy atom. The number of rotatable bonds is 4. The Bertz CT molecular complexity index is 1010. The second-order valence-electron chi connectivity index (χ2n) is 8.20. The molecule has 2 aromatic rings. The summed E-state index contributed by atoms with van der Waals surface area (Å²) in [6, 6.07) is 7.92. The van der Waals surface area contributed by atoms with Crippen LogP contribution in [-0.4, -0.2) is 62.1 Å². The van der Waals surface area contributed by atoms with Crippen LogP contribution in [0.2, 0.25) is 0 Å². The maximum Gasteiger partial charge on any atom is 0.416 e. The molecule has 1 atom stereocenters. The number of nitrogens with zero attached hydrogens (tertiary/aromatic N) is 3. The van der Waals surface area contributed by atoms with E-state index in [4.69, 9.17) is 9.73 Å². The first-order valence-corrected chi connectivity index (χ1v) is 10.6. The van der Waals surface area contributed by atoms with Crippen LogP contribution in [-0.2, 0) is 10.9 Å². The average Bonchev–Trinajstić information content (AvgIpc) is 2.90. The zero-order valence-corrected chi connectivity index (χ0v) is 18.0. The summed E-state index contributed by atoms with van der Waals surface area (Å²) < 4.78 is 59.5. The third-order valence-corrected chi connectivity index (χ3v) is 6.00. The van der Waals surface area contributed by atoms with Gasteiger partial charge in [-0.25, -0.2) is 9.38 Å². The molecule has 172 valence electrons. The number of alkyl halides is 3. The van der Waals surface area contributed by atoms with Crippen LogP contribution in [0.1, 0.15) is 24.0 Å². The Morgan fingerprint density at radius 1 is 1.12 bits per heavy atom. The second-order valence-corrected chi connectivity index (χ2v) is 8.20. The van der Waals surface area contributed by atoms with E-state index in [1.165, 1.54) is 18.2 Å². The molecule has 0 aromatic heterocycles. The van der Waals surface area contributed by atoms with Gasteiger partial charge in [0, 0.05) is 50.6 Å². The van der Waals surface area contributed by atoms with Crippen LogP contribution in [0, 0.1) is 5.82 Å². The van der Waals surface area contributed by atoms with Gasteiger partial charge in [0.25, 0.3) is 0 Å². The molecular weight excluding hydrogens is 424 g/mol. The van der Waals surface area contributed by atoms with Gasteiger partial charge in [-0.2, -0.15) is 13.2 Å². The molecule has 1 N–H and O–H groups in total. The van der Waals surface area contributed by atoms with Crippen molar-refractivity contribution in [1.29, 1.82) is 0 Å². The summed E-state index contributed by atoms with van der Waals surface area (Å²) in [5.74, 6) is 0.0231. The molecule has 0 bridgehead atoms. The van der Waals surface area contributed by atoms with Crippen LogP contribution < -0.4 is 5.32 Å². The van der Waals surface area contributed by atoms with E-state index < -0.39 is 17.6 Å². The van der Waals surface area contributed by atoms with E-state index in [1.807, 2.05) is 4.90 Å². The van der Waals surface area contributed by atoms with Gasteiger partial charge in [0.05, 0.1) is 16.9 Å². The smallest absolute Gasteiger partial charge is 0.385 e. The lowest BCUT2D eigenvalue weighted by molar-refractivity contribution is -0.137. The van der Waals surface area contributed by atoms with Gasteiger partial charge < -0.3 is 15.0 Å². The zero-order chi connectivity index (χ0) is 22.9. The number of amidine groups is 1. The van der Waals surface area contributed by atoms with Crippen molar-refractivity contribution >= 4 is 22.9 Å². The van der Waals surface area contributed by atoms with Crippen LogP contribution >= 0.6 is 0 Å². The highest BCUT2D eigenvalue weighted by atomic mass is 19.4. The molecule has 1 saturated heterocycles. The Balaban J connectivity index is 1.75. The quantitative estimate of drug-likeness (QED) is 0.525. The first kappa shape index (κ1) is 22.5. The molecule has 4 rings (SSSR count). The lowest BCUT2D eigenvalue weighted by Gasteiger charge is -2.41. The fourth-order valence-electron chi connectivity index (χ4n) is 4.19. The van der Waals surface area contributed by atoms with Gasteiger partial charge in [0.2, 0.25) is 0 Å². The lowest BCUT2D eigenvalue weighted by atomic mass is 10.0. The number of aliphatic imine (C=N–C) groups is 1. The SMILES string of the molecule is COCCCC1CN(C2=Nc3ccc(F)cc3Nc3ccc(C(F)(F)F)cc32)CCN1C. The molecule has 0 aliphatic carbocycles. The summed E-state index contributed by atoms with van der Waals surface area (Å²) in [5, 5.41) is 3.08. The monoisotopic (exact) mass is 450 g/mol. The van der Waals surface area contributed by atoms with Gasteiger partial charge >= 0.3 is 6.18 Å². The summed E-state index contributed by atoms with van der Waals surface area (Å²) in [5.41, 5.74) is 0.994. The van der Waals surface area contributed by atoms with E-state index in [1.54, 1.807) is 13.2 Å². The van der Waals surface area contributed by atoms with E-state index >= 15 is 0 Å². The van der Waals surface area contributed by atoms with Crippen molar-refractivity contribution in [2.75, 3.05) is 45.7 Å². The molecule has 2 heterocycles. The van der Waals surface area contributed by atoms with Crippen molar-refractivity contribution in [2.24, 2.45) is 4.99 Å². The summed E-state index contributed by atoms with van der Waals surface area (Å²) in [7, 11) is 3.72. The number of fused-ring (bicyclic) bond motifs is 2. The van der Waals surface area contributed by atoms with Crippen LogP contribution in [0.15, 0.2) is 41.4 Å². The second kappa shape index (κ2) is 9.07. The first-order valence-electron chi connectivity index (χ1n) is 10.6. The molecule has 2 aliphatic rings. The molecular formula is C23H26F4N4O. The number of anilines is 2. The fraction of sp³-hybridized carbons (Fsp3) is 0.435. The number of hydrogen-bond donors (Lipinski definition) is 1. The van der Waals surface area contributed by atoms with Crippen molar-refractivity contribution in [2.45, 2.75) is 25.1 Å². The van der Waals surface area contributed by atoms with Gasteiger partial charge in [-0.15, -0.1) is 0 Å². The number of benzene rings is 2. The largest absolute Gasteiger partial charge is 0.416 e. The number of ether oxygens (including phenoxy) is 1. The van der Waals surface area contributed by atoms with Crippen molar-refractivity contribution in [3.8, 4) is 0 Å². The van der Waals surface area contributed by atoms with Crippen molar-refractivity contribution < 1.29 is 22.3 Å². The highest BCUT2D eigenvalue weighted by molar-refractivity contribution is 6.08. The minimum Gasteiger partial charge on any atom is -0.385 e. The minimum absolute atomic E-state index is 0.222. The summed E-state index contributed by atoms with van der Waals surface area (Å²) in [4.78, 5) is 9.03. The first-order chi connectivity index (χ1) is 15.3. The zero-order valence-electron chi connectivity index (χ0n) is 18.0. The average molecular weight is 450 g/mol. The molecule has 0 amide bonds. The number of likely N-dealkylation sites (N-methyl/N-ethyl adjacent to an activating group) is 1. The maximum absolute atomic E-state index is 13.9. The van der Waals surface area contributed by atoms with Crippen LogP contribution in [0.4, 0.5) is 34.6 Å². The predicted molar refractivity (Wildman–Crippen MR) is 116 cm³/mol. The lowest BCUT2D eigenvalue weighted by Crippen LogP contribution is -2.53. The standard InChI is InChI=1S/C23H26F4N4O/c1-30-9-10-31(14-17(30)4-3-11-32-2)22-18-12-15(23(25,26)27)5-7-19(18)28-21-13-16(24)6-8-20(21)29-22/h5-8,12-13,17,28H,3-4,9-11,14H2,1-2H3. The molecule has 2 aromatic carbocycles. The maximum atomic E-state index is 13.9. The van der Waals surface area contributed by atoms with Gasteiger partial charge in [-0.1, -0.05) is 0 Å². The topological polar surface area (TPSA) is 40.1 Å². The molecule has 0 radical (unpaired) electrons. The normalized spacial score (nSPS) is 19.0. The molecule has 1 unspecified atom stereocenters. The number of halogens is 4. The van der Waals surface area contributed by atoms with Crippen LogP contribution in [0.5, 0.6) is 0 Å². The van der Waals surface area contributed by atoms with Crippen molar-refractivity contribution in [3.05, 3.63) is 53.3 Å². The highest BCUT2D eigenvalue weighted by Crippen LogP contribution is 2.38. The van der Waals surface area contributed by atoms with E-state index in [9.17, 15) is 17.6 Å². The van der Waals surface area contributed by atoms with Crippen molar-refractivity contribution in [1.82, 2.24) is 9.80 Å². The molecule has 1 fully saturated rings. The van der Waals surface area contributed by atoms with Crippen LogP contribution in [0.3, 0.4) is 0 Å². The Morgan fingerprint density at radius 3 is 2.69 bits per heavy atom. The molecule has 0 saturated carbocycles. The van der Waals surface area contributed by atoms with Gasteiger partial charge in [-0.3, -0.25) is 4.90 Å². The van der Waals surface area contributed by atoms with E-state index in [0.29, 0.717) is 48.2 Å². The van der Waals surface area contributed by atoms with E-state index in [-0.39, 0.29) is 6.04 Å². The van der Waals surface area contributed by atoms with Crippen molar-refractivity contribution in [3.63, 3.8) is 0 Å².